The molecule has 1 unspecified atom stereocenters. The number of nitrogens with one attached hydrogen (secondary N) is 1. The van der Waals surface area contributed by atoms with Gasteiger partial charge in [0.15, 0.2) is 11.5 Å². The molecule has 24 heavy (non-hydrogen) atoms. The Balaban J connectivity index is 1.59. The topological polar surface area (TPSA) is 67.9 Å². The second kappa shape index (κ2) is 6.34. The summed E-state index contributed by atoms with van der Waals surface area (Å²) in [4.78, 5) is 25.5. The summed E-state index contributed by atoms with van der Waals surface area (Å²) in [5, 5.41) is 3.04. The van der Waals surface area contributed by atoms with Crippen molar-refractivity contribution in [2.75, 3.05) is 26.4 Å². The lowest BCUT2D eigenvalue weighted by Crippen LogP contribution is -2.40. The van der Waals surface area contributed by atoms with Gasteiger partial charge in [0.05, 0.1) is 5.92 Å². The molecule has 0 aromatic heterocycles. The van der Waals surface area contributed by atoms with E-state index in [0.29, 0.717) is 19.6 Å². The summed E-state index contributed by atoms with van der Waals surface area (Å²) in [5.41, 5.74) is 0.860. The third-order valence-electron chi connectivity index (χ3n) is 4.86. The summed E-state index contributed by atoms with van der Waals surface area (Å²) in [6, 6.07) is 5.89. The molecular weight excluding hydrogens is 308 g/mol. The fourth-order valence-electron chi connectivity index (χ4n) is 3.13. The van der Waals surface area contributed by atoms with Gasteiger partial charge in [-0.15, -0.1) is 0 Å². The first-order chi connectivity index (χ1) is 11.4. The molecule has 0 radical (unpaired) electrons. The Bertz CT molecular complexity index is 656. The number of likely N-dealkylation sites (tertiary alicyclic amines) is 1. The van der Waals surface area contributed by atoms with Crippen LogP contribution in [0.1, 0.15) is 32.8 Å². The second-order valence-corrected chi connectivity index (χ2v) is 7.12. The van der Waals surface area contributed by atoms with Crippen LogP contribution in [0, 0.1) is 5.92 Å². The Morgan fingerprint density at radius 3 is 2.75 bits per heavy atom. The van der Waals surface area contributed by atoms with Crippen molar-refractivity contribution < 1.29 is 19.1 Å². The molecular formula is C18H24N2O4. The van der Waals surface area contributed by atoms with Gasteiger partial charge >= 0.3 is 0 Å². The standard InChI is InChI=1S/C18H24N2O4/c1-12(21)20-7-6-13(9-20)17(22)19-10-18(2,3)14-4-5-15-16(8-14)24-11-23-15/h4-5,8,13H,6-7,9-11H2,1-3H3,(H,19,22). The molecule has 130 valence electrons. The number of rotatable bonds is 4. The molecule has 2 heterocycles. The predicted molar refractivity (Wildman–Crippen MR) is 89.0 cm³/mol. The molecule has 0 aliphatic carbocycles. The first-order valence-electron chi connectivity index (χ1n) is 8.30. The summed E-state index contributed by atoms with van der Waals surface area (Å²) in [6.45, 7) is 7.68. The highest BCUT2D eigenvalue weighted by Gasteiger charge is 2.31. The summed E-state index contributed by atoms with van der Waals surface area (Å²) in [7, 11) is 0. The highest BCUT2D eigenvalue weighted by Crippen LogP contribution is 2.36. The zero-order valence-corrected chi connectivity index (χ0v) is 14.4. The van der Waals surface area contributed by atoms with Gasteiger partial charge in [0, 0.05) is 32.0 Å². The first-order valence-corrected chi connectivity index (χ1v) is 8.30. The Hall–Kier alpha value is -2.24. The molecule has 1 aromatic carbocycles. The van der Waals surface area contributed by atoms with Gasteiger partial charge in [0.25, 0.3) is 0 Å². The number of carbonyl (C=O) groups is 2. The number of fused-ring (bicyclic) bond motifs is 1. The average Bonchev–Trinajstić information content (AvgIpc) is 3.20. The number of hydrogen-bond acceptors (Lipinski definition) is 4. The van der Waals surface area contributed by atoms with Crippen LogP contribution in [0.15, 0.2) is 18.2 Å². The molecule has 2 amide bonds. The summed E-state index contributed by atoms with van der Waals surface area (Å²) >= 11 is 0. The van der Waals surface area contributed by atoms with E-state index < -0.39 is 0 Å². The van der Waals surface area contributed by atoms with Crippen molar-refractivity contribution in [3.63, 3.8) is 0 Å². The van der Waals surface area contributed by atoms with Gasteiger partial charge in [-0.1, -0.05) is 19.9 Å². The van der Waals surface area contributed by atoms with Gasteiger partial charge < -0.3 is 19.7 Å². The highest BCUT2D eigenvalue weighted by molar-refractivity contribution is 5.81. The van der Waals surface area contributed by atoms with Gasteiger partial charge in [0.2, 0.25) is 18.6 Å². The Kier molecular flexibility index (Phi) is 4.39. The van der Waals surface area contributed by atoms with E-state index in [1.807, 2.05) is 18.2 Å². The van der Waals surface area contributed by atoms with E-state index in [-0.39, 0.29) is 29.9 Å². The Morgan fingerprint density at radius 1 is 1.29 bits per heavy atom. The van der Waals surface area contributed by atoms with Gasteiger partial charge in [-0.2, -0.15) is 0 Å². The van der Waals surface area contributed by atoms with Crippen LogP contribution in [0.4, 0.5) is 0 Å². The van der Waals surface area contributed by atoms with E-state index in [4.69, 9.17) is 9.47 Å². The lowest BCUT2D eigenvalue weighted by Gasteiger charge is -2.26. The summed E-state index contributed by atoms with van der Waals surface area (Å²) in [6.07, 6.45) is 0.732. The fraction of sp³-hybridized carbons (Fsp3) is 0.556. The molecule has 3 rings (SSSR count). The average molecular weight is 332 g/mol. The minimum Gasteiger partial charge on any atom is -0.454 e. The van der Waals surface area contributed by atoms with Crippen molar-refractivity contribution in [2.24, 2.45) is 5.92 Å². The van der Waals surface area contributed by atoms with Crippen molar-refractivity contribution in [3.8, 4) is 11.5 Å². The third-order valence-corrected chi connectivity index (χ3v) is 4.86. The number of amides is 2. The van der Waals surface area contributed by atoms with Crippen LogP contribution >= 0.6 is 0 Å². The van der Waals surface area contributed by atoms with Crippen LogP contribution in [0.3, 0.4) is 0 Å². The van der Waals surface area contributed by atoms with Gasteiger partial charge in [-0.3, -0.25) is 9.59 Å². The number of hydrogen-bond donors (Lipinski definition) is 1. The van der Waals surface area contributed by atoms with Crippen LogP contribution in [0.5, 0.6) is 11.5 Å². The molecule has 1 atom stereocenters. The van der Waals surface area contributed by atoms with Crippen molar-refractivity contribution in [3.05, 3.63) is 23.8 Å². The molecule has 0 bridgehead atoms. The molecule has 0 spiro atoms. The molecule has 0 saturated carbocycles. The predicted octanol–water partition coefficient (Wildman–Crippen LogP) is 1.68. The molecule has 1 N–H and O–H groups in total. The van der Waals surface area contributed by atoms with Crippen LogP contribution in [0.25, 0.3) is 0 Å². The fourth-order valence-corrected chi connectivity index (χ4v) is 3.13. The van der Waals surface area contributed by atoms with E-state index in [2.05, 4.69) is 19.2 Å². The van der Waals surface area contributed by atoms with Crippen LogP contribution in [-0.2, 0) is 15.0 Å². The minimum absolute atomic E-state index is 0.0209. The van der Waals surface area contributed by atoms with E-state index in [1.165, 1.54) is 0 Å². The summed E-state index contributed by atoms with van der Waals surface area (Å²) in [5.74, 6) is 1.45. The maximum atomic E-state index is 12.4. The Morgan fingerprint density at radius 2 is 2.04 bits per heavy atom. The van der Waals surface area contributed by atoms with E-state index in [9.17, 15) is 9.59 Å². The lowest BCUT2D eigenvalue weighted by atomic mass is 9.84. The Labute approximate surface area is 142 Å². The molecule has 1 saturated heterocycles. The molecule has 6 nitrogen and oxygen atoms in total. The van der Waals surface area contributed by atoms with Crippen LogP contribution < -0.4 is 14.8 Å². The van der Waals surface area contributed by atoms with Crippen molar-refractivity contribution in [2.45, 2.75) is 32.6 Å². The van der Waals surface area contributed by atoms with Crippen molar-refractivity contribution in [1.29, 1.82) is 0 Å². The second-order valence-electron chi connectivity index (χ2n) is 7.12. The normalized spacial score (nSPS) is 19.5. The number of ether oxygens (including phenoxy) is 2. The lowest BCUT2D eigenvalue weighted by molar-refractivity contribution is -0.128. The minimum atomic E-state index is -0.227. The number of carbonyl (C=O) groups excluding carboxylic acids is 2. The number of nitrogens with zero attached hydrogens (tertiary/aromatic N) is 1. The zero-order chi connectivity index (χ0) is 17.3. The van der Waals surface area contributed by atoms with Crippen LogP contribution in [-0.4, -0.2) is 43.1 Å². The van der Waals surface area contributed by atoms with Gasteiger partial charge in [-0.05, 0) is 24.1 Å². The van der Waals surface area contributed by atoms with E-state index in [1.54, 1.807) is 11.8 Å². The van der Waals surface area contributed by atoms with Gasteiger partial charge in [0.1, 0.15) is 0 Å². The van der Waals surface area contributed by atoms with Crippen molar-refractivity contribution in [1.82, 2.24) is 10.2 Å². The maximum Gasteiger partial charge on any atom is 0.231 e. The molecule has 1 fully saturated rings. The first kappa shape index (κ1) is 16.6. The molecule has 2 aliphatic rings. The van der Waals surface area contributed by atoms with Crippen LogP contribution in [0.2, 0.25) is 0 Å². The molecule has 2 aliphatic heterocycles. The SMILES string of the molecule is CC(=O)N1CCC(C(=O)NCC(C)(C)c2ccc3c(c2)OCO3)C1. The summed E-state index contributed by atoms with van der Waals surface area (Å²) < 4.78 is 10.8. The maximum absolute atomic E-state index is 12.4. The van der Waals surface area contributed by atoms with E-state index in [0.717, 1.165) is 23.5 Å². The van der Waals surface area contributed by atoms with Crippen molar-refractivity contribution >= 4 is 11.8 Å². The highest BCUT2D eigenvalue weighted by atomic mass is 16.7. The third kappa shape index (κ3) is 3.32. The zero-order valence-electron chi connectivity index (χ0n) is 14.4. The number of benzene rings is 1. The van der Waals surface area contributed by atoms with Gasteiger partial charge in [-0.25, -0.2) is 0 Å². The smallest absolute Gasteiger partial charge is 0.231 e. The largest absolute Gasteiger partial charge is 0.454 e. The molecule has 6 heteroatoms. The molecule has 1 aromatic rings. The quantitative estimate of drug-likeness (QED) is 0.911. The van der Waals surface area contributed by atoms with E-state index >= 15 is 0 Å². The monoisotopic (exact) mass is 332 g/mol.